The van der Waals surface area contributed by atoms with Gasteiger partial charge in [-0.25, -0.2) is 0 Å². The number of hydrogen-bond acceptors (Lipinski definition) is 3. The molecule has 3 heterocycles. The Labute approximate surface area is 378 Å². The first-order valence-electron chi connectivity index (χ1n) is 22.4. The van der Waals surface area contributed by atoms with Crippen LogP contribution in [-0.4, -0.2) is 33.8 Å². The molecule has 0 spiro atoms. The third-order valence-electron chi connectivity index (χ3n) is 13.4. The number of aryl methyl sites for hydroxylation is 1. The second kappa shape index (κ2) is 17.7. The zero-order chi connectivity index (χ0) is 44.4. The number of aromatic amines is 3. The molecule has 6 aromatic carbocycles. The smallest absolute Gasteiger partial charge is 0.152 e. The molecule has 3 aliphatic rings. The third-order valence-corrected chi connectivity index (χ3v) is 13.4. The van der Waals surface area contributed by atoms with Crippen LogP contribution in [0.4, 0.5) is 0 Å². The second-order valence-corrected chi connectivity index (χ2v) is 17.3. The van der Waals surface area contributed by atoms with Crippen LogP contribution in [0, 0.1) is 6.92 Å². The summed E-state index contributed by atoms with van der Waals surface area (Å²) in [6, 6.07) is 47.6. The lowest BCUT2D eigenvalue weighted by Gasteiger charge is -2.14. The van der Waals surface area contributed by atoms with Gasteiger partial charge in [-0.1, -0.05) is 152 Å². The number of nitrogens with one attached hydrogen (secondary N) is 3. The van der Waals surface area contributed by atoms with Crippen molar-refractivity contribution in [1.29, 1.82) is 0 Å². The molecule has 0 saturated heterocycles. The molecule has 0 fully saturated rings. The van der Waals surface area contributed by atoms with Crippen LogP contribution in [0.2, 0.25) is 0 Å². The van der Waals surface area contributed by atoms with Gasteiger partial charge in [-0.05, 0) is 94.5 Å². The normalized spacial score (nSPS) is 13.7. The molecule has 9 aromatic rings. The quantitative estimate of drug-likeness (QED) is 0.126. The fourth-order valence-electron chi connectivity index (χ4n) is 10.1. The number of carbonyl (C=O) groups is 3. The summed E-state index contributed by atoms with van der Waals surface area (Å²) in [5, 5.41) is 3.02. The van der Waals surface area contributed by atoms with Crippen LogP contribution in [0.1, 0.15) is 99.9 Å². The average Bonchev–Trinajstić information content (AvgIpc) is 4.21. The minimum atomic E-state index is 0.177. The van der Waals surface area contributed by atoms with Gasteiger partial charge in [-0.15, -0.1) is 0 Å². The molecule has 0 saturated carbocycles. The number of para-hydroxylation sites is 3. The van der Waals surface area contributed by atoms with E-state index in [1.54, 1.807) is 0 Å². The van der Waals surface area contributed by atoms with E-state index in [1.807, 2.05) is 72.8 Å². The highest BCUT2D eigenvalue weighted by molar-refractivity contribution is 6.02. The predicted octanol–water partition coefficient (Wildman–Crippen LogP) is 13.4. The monoisotopic (exact) mass is 847 g/mol. The molecule has 0 radical (unpaired) electrons. The first-order valence-corrected chi connectivity index (χ1v) is 22.4. The van der Waals surface area contributed by atoms with E-state index in [1.165, 1.54) is 55.7 Å². The molecule has 3 aliphatic carbocycles. The Morgan fingerprint density at radius 3 is 1.51 bits per heavy atom. The fourth-order valence-corrected chi connectivity index (χ4v) is 10.1. The molecule has 3 aromatic heterocycles. The van der Waals surface area contributed by atoms with Crippen molar-refractivity contribution < 1.29 is 14.4 Å². The van der Waals surface area contributed by atoms with Crippen LogP contribution in [-0.2, 0) is 32.1 Å². The van der Waals surface area contributed by atoms with E-state index in [0.717, 1.165) is 117 Å². The van der Waals surface area contributed by atoms with Crippen molar-refractivity contribution in [2.75, 3.05) is 0 Å². The minimum Gasteiger partial charge on any atom is -0.358 e. The van der Waals surface area contributed by atoms with E-state index in [0.29, 0.717) is 0 Å². The van der Waals surface area contributed by atoms with Gasteiger partial charge in [0.15, 0.2) is 18.9 Å². The summed E-state index contributed by atoms with van der Waals surface area (Å²) < 4.78 is 0. The van der Waals surface area contributed by atoms with Crippen molar-refractivity contribution in [3.63, 3.8) is 0 Å². The van der Waals surface area contributed by atoms with Crippen LogP contribution >= 0.6 is 0 Å². The average molecular weight is 848 g/mol. The van der Waals surface area contributed by atoms with Crippen molar-refractivity contribution in [3.05, 3.63) is 230 Å². The van der Waals surface area contributed by atoms with E-state index >= 15 is 0 Å². The zero-order valence-corrected chi connectivity index (χ0v) is 36.6. The number of hydrogen-bond donors (Lipinski definition) is 3. The molecule has 1 unspecified atom stereocenters. The van der Waals surface area contributed by atoms with Crippen molar-refractivity contribution in [2.24, 2.45) is 0 Å². The topological polar surface area (TPSA) is 98.6 Å². The van der Waals surface area contributed by atoms with Crippen molar-refractivity contribution in [1.82, 2.24) is 15.0 Å². The largest absolute Gasteiger partial charge is 0.358 e. The van der Waals surface area contributed by atoms with Crippen LogP contribution in [0.3, 0.4) is 0 Å². The summed E-state index contributed by atoms with van der Waals surface area (Å²) in [5.41, 5.74) is 21.8. The second-order valence-electron chi connectivity index (χ2n) is 17.3. The van der Waals surface area contributed by atoms with Crippen molar-refractivity contribution >= 4 is 68.3 Å². The molecular weight excluding hydrogens is 799 g/mol. The maximum absolute atomic E-state index is 11.6. The first kappa shape index (κ1) is 41.2. The maximum atomic E-state index is 11.6. The molecule has 6 heteroatoms. The fraction of sp³-hybridized carbons (Fsp3) is 0.136. The number of H-pyrrole nitrogens is 3. The molecule has 6 nitrogen and oxygen atoms in total. The van der Waals surface area contributed by atoms with Crippen LogP contribution in [0.5, 0.6) is 0 Å². The highest BCUT2D eigenvalue weighted by Gasteiger charge is 2.25. The lowest BCUT2D eigenvalue weighted by molar-refractivity contribution is 0.111. The lowest BCUT2D eigenvalue weighted by Crippen LogP contribution is -2.00. The van der Waals surface area contributed by atoms with Crippen LogP contribution < -0.4 is 0 Å². The molecular formula is C59H49N3O3. The van der Waals surface area contributed by atoms with E-state index in [4.69, 9.17) is 0 Å². The van der Waals surface area contributed by atoms with Gasteiger partial charge in [0.1, 0.15) is 0 Å². The highest BCUT2D eigenvalue weighted by Crippen LogP contribution is 2.40. The Kier molecular flexibility index (Phi) is 11.2. The minimum absolute atomic E-state index is 0.177. The predicted molar refractivity (Wildman–Crippen MR) is 266 cm³/mol. The molecule has 12 rings (SSSR count). The van der Waals surface area contributed by atoms with Gasteiger partial charge in [0, 0.05) is 85.2 Å². The van der Waals surface area contributed by atoms with E-state index in [9.17, 15) is 14.4 Å². The van der Waals surface area contributed by atoms with E-state index in [2.05, 4.69) is 114 Å². The lowest BCUT2D eigenvalue weighted by atomic mass is 9.91. The van der Waals surface area contributed by atoms with Gasteiger partial charge in [0.05, 0.1) is 0 Å². The van der Waals surface area contributed by atoms with Crippen molar-refractivity contribution in [3.8, 4) is 0 Å². The highest BCUT2D eigenvalue weighted by atomic mass is 16.1. The van der Waals surface area contributed by atoms with Gasteiger partial charge in [0.25, 0.3) is 0 Å². The number of rotatable bonds is 9. The van der Waals surface area contributed by atoms with Gasteiger partial charge in [0.2, 0.25) is 0 Å². The number of benzene rings is 6. The van der Waals surface area contributed by atoms with Gasteiger partial charge < -0.3 is 15.0 Å². The summed E-state index contributed by atoms with van der Waals surface area (Å²) in [7, 11) is 0. The van der Waals surface area contributed by atoms with Crippen molar-refractivity contribution in [2.45, 2.75) is 51.9 Å². The number of carbonyl (C=O) groups excluding carboxylic acids is 3. The van der Waals surface area contributed by atoms with E-state index < -0.39 is 0 Å². The number of fused-ring (bicyclic) bond motifs is 6. The summed E-state index contributed by atoms with van der Waals surface area (Å²) in [6.07, 6.45) is 14.3. The maximum Gasteiger partial charge on any atom is 0.152 e. The summed E-state index contributed by atoms with van der Waals surface area (Å²) in [6.45, 7) is 4.30. The molecule has 1 atom stereocenters. The Balaban J connectivity index is 0.000000115. The molecule has 318 valence electrons. The Bertz CT molecular complexity index is 3400. The Morgan fingerprint density at radius 2 is 0.923 bits per heavy atom. The SMILES string of the molecule is CC(C1=CCc2ccccc21)c1[nH]c2ccccc2c1C=O.Cc1ccc2c(c1)CC=C2Cc1[nH]c2ccccc2c1C=O.O=Cc1c(CC2=CCc3ccccc32)[nH]c2ccccc12. The Hall–Kier alpha value is -7.83. The van der Waals surface area contributed by atoms with Crippen LogP contribution in [0.15, 0.2) is 158 Å². The summed E-state index contributed by atoms with van der Waals surface area (Å²) >= 11 is 0. The van der Waals surface area contributed by atoms with Gasteiger partial charge in [-0.3, -0.25) is 14.4 Å². The molecule has 0 aliphatic heterocycles. The summed E-state index contributed by atoms with van der Waals surface area (Å²) in [4.78, 5) is 44.9. The number of aldehydes is 3. The number of allylic oxidation sites excluding steroid dienone is 6. The van der Waals surface area contributed by atoms with E-state index in [-0.39, 0.29) is 5.92 Å². The summed E-state index contributed by atoms with van der Waals surface area (Å²) in [5.74, 6) is 0.177. The van der Waals surface area contributed by atoms with Gasteiger partial charge in [-0.2, -0.15) is 0 Å². The molecule has 65 heavy (non-hydrogen) atoms. The molecule has 0 amide bonds. The molecule has 0 bridgehead atoms. The molecule has 3 N–H and O–H groups in total. The Morgan fingerprint density at radius 1 is 0.477 bits per heavy atom. The standard InChI is InChI=1S/2C20H17NO.C19H15NO/c1-13(15-11-10-14-6-2-3-7-16(14)15)20-18(12-22)17-8-4-5-9-19(17)21-20;1-13-6-9-16-14(10-13)7-8-15(16)11-20-18(12-22)17-4-2-3-5-19(17)21-20;21-12-17-16-7-3-4-8-18(16)20-19(17)11-14-10-9-13-5-1-2-6-15(13)14/h2-9,11-13,21H,10H2,1H3;2-6,8-10,12,21H,7,11H2,1H3;1-8,10,12,20H,9,11H2. The van der Waals surface area contributed by atoms with Gasteiger partial charge >= 0.3 is 0 Å². The zero-order valence-electron chi connectivity index (χ0n) is 36.6. The third kappa shape index (κ3) is 7.82. The van der Waals surface area contributed by atoms with Crippen LogP contribution in [0.25, 0.3) is 49.4 Å². The number of aromatic nitrogens is 3. The first-order chi connectivity index (χ1) is 31.9.